The van der Waals surface area contributed by atoms with Crippen LogP contribution in [0.25, 0.3) is 0 Å². The fourth-order valence-corrected chi connectivity index (χ4v) is 3.71. The number of carbonyl (C=O) groups excluding carboxylic acids is 2. The van der Waals surface area contributed by atoms with Gasteiger partial charge in [-0.15, -0.1) is 0 Å². The third-order valence-electron chi connectivity index (χ3n) is 4.95. The van der Waals surface area contributed by atoms with Gasteiger partial charge in [-0.25, -0.2) is 0 Å². The smallest absolute Gasteiger partial charge is 0.243 e. The molecule has 2 rings (SSSR count). The molecule has 0 aliphatic heterocycles. The van der Waals surface area contributed by atoms with Crippen molar-refractivity contribution >= 4 is 11.8 Å². The lowest BCUT2D eigenvalue weighted by Gasteiger charge is -2.32. The predicted octanol–water partition coefficient (Wildman–Crippen LogP) is 2.38. The first kappa shape index (κ1) is 15.3. The standard InChI is InChI=1S/C16H28N2O2/c1-11-7-3-6-10-14(11)18-16(20)15(17-12(2)19)13-8-4-5-9-13/h11,13-15H,3-10H2,1-2H3,(H,17,19)(H,18,20)/t11-,14-,15+/m1/s1. The molecule has 0 saturated heterocycles. The second-order valence-corrected chi connectivity index (χ2v) is 6.60. The van der Waals surface area contributed by atoms with Crippen molar-refractivity contribution in [3.63, 3.8) is 0 Å². The first-order chi connectivity index (χ1) is 9.58. The van der Waals surface area contributed by atoms with E-state index in [0.717, 1.165) is 19.3 Å². The summed E-state index contributed by atoms with van der Waals surface area (Å²) < 4.78 is 0. The maximum absolute atomic E-state index is 12.6. The summed E-state index contributed by atoms with van der Waals surface area (Å²) in [6, 6.07) is -0.0435. The third-order valence-corrected chi connectivity index (χ3v) is 4.95. The van der Waals surface area contributed by atoms with Crippen molar-refractivity contribution in [2.24, 2.45) is 11.8 Å². The van der Waals surface area contributed by atoms with Crippen LogP contribution in [0.2, 0.25) is 0 Å². The van der Waals surface area contributed by atoms with Crippen LogP contribution in [0.5, 0.6) is 0 Å². The highest BCUT2D eigenvalue weighted by molar-refractivity contribution is 5.87. The Bertz CT molecular complexity index is 350. The van der Waals surface area contributed by atoms with Gasteiger partial charge in [0.1, 0.15) is 6.04 Å². The Balaban J connectivity index is 1.96. The predicted molar refractivity (Wildman–Crippen MR) is 79.1 cm³/mol. The molecule has 0 unspecified atom stereocenters. The van der Waals surface area contributed by atoms with Gasteiger partial charge in [0.2, 0.25) is 11.8 Å². The lowest BCUT2D eigenvalue weighted by atomic mass is 9.85. The highest BCUT2D eigenvalue weighted by Gasteiger charge is 2.33. The highest BCUT2D eigenvalue weighted by Crippen LogP contribution is 2.29. The molecule has 4 nitrogen and oxygen atoms in total. The Hall–Kier alpha value is -1.06. The molecule has 114 valence electrons. The van der Waals surface area contributed by atoms with Crippen LogP contribution in [0.1, 0.15) is 65.2 Å². The molecular formula is C16H28N2O2. The van der Waals surface area contributed by atoms with Crippen LogP contribution < -0.4 is 10.6 Å². The topological polar surface area (TPSA) is 58.2 Å². The van der Waals surface area contributed by atoms with Gasteiger partial charge in [0, 0.05) is 13.0 Å². The Morgan fingerprint density at radius 3 is 2.20 bits per heavy atom. The second-order valence-electron chi connectivity index (χ2n) is 6.60. The van der Waals surface area contributed by atoms with Gasteiger partial charge in [-0.3, -0.25) is 9.59 Å². The van der Waals surface area contributed by atoms with Crippen molar-refractivity contribution in [3.8, 4) is 0 Å². The van der Waals surface area contributed by atoms with E-state index >= 15 is 0 Å². The number of carbonyl (C=O) groups is 2. The lowest BCUT2D eigenvalue weighted by Crippen LogP contribution is -2.53. The summed E-state index contributed by atoms with van der Waals surface area (Å²) in [6.07, 6.45) is 9.19. The Kier molecular flexibility index (Phi) is 5.44. The molecule has 0 aromatic rings. The molecule has 2 amide bonds. The first-order valence-corrected chi connectivity index (χ1v) is 8.15. The molecule has 4 heteroatoms. The molecule has 0 aromatic carbocycles. The van der Waals surface area contributed by atoms with Gasteiger partial charge in [-0.05, 0) is 37.5 Å². The molecule has 0 spiro atoms. The molecule has 0 bridgehead atoms. The van der Waals surface area contributed by atoms with Crippen molar-refractivity contribution in [2.75, 3.05) is 0 Å². The molecule has 2 aliphatic rings. The van der Waals surface area contributed by atoms with E-state index in [4.69, 9.17) is 0 Å². The number of amides is 2. The molecule has 2 N–H and O–H groups in total. The summed E-state index contributed by atoms with van der Waals surface area (Å²) in [5.74, 6) is 0.798. The average molecular weight is 280 g/mol. The summed E-state index contributed by atoms with van der Waals surface area (Å²) in [5, 5.41) is 6.07. The molecule has 3 atom stereocenters. The maximum atomic E-state index is 12.6. The van der Waals surface area contributed by atoms with Gasteiger partial charge in [-0.1, -0.05) is 32.6 Å². The number of rotatable bonds is 4. The SMILES string of the molecule is CC(=O)N[C@H](C(=O)N[C@@H]1CCCC[C@H]1C)C1CCCC1. The van der Waals surface area contributed by atoms with Crippen molar-refractivity contribution in [1.29, 1.82) is 0 Å². The molecule has 2 saturated carbocycles. The minimum absolute atomic E-state index is 0.0332. The zero-order chi connectivity index (χ0) is 14.5. The van der Waals surface area contributed by atoms with Gasteiger partial charge < -0.3 is 10.6 Å². The molecule has 20 heavy (non-hydrogen) atoms. The van der Waals surface area contributed by atoms with E-state index in [0.29, 0.717) is 11.8 Å². The van der Waals surface area contributed by atoms with E-state index < -0.39 is 0 Å². The Morgan fingerprint density at radius 1 is 1.00 bits per heavy atom. The van der Waals surface area contributed by atoms with Crippen LogP contribution in [0.3, 0.4) is 0 Å². The van der Waals surface area contributed by atoms with Gasteiger partial charge in [-0.2, -0.15) is 0 Å². The number of hydrogen-bond acceptors (Lipinski definition) is 2. The molecular weight excluding hydrogens is 252 g/mol. The summed E-state index contributed by atoms with van der Waals surface area (Å²) >= 11 is 0. The monoisotopic (exact) mass is 280 g/mol. The zero-order valence-electron chi connectivity index (χ0n) is 12.8. The Morgan fingerprint density at radius 2 is 1.60 bits per heavy atom. The first-order valence-electron chi connectivity index (χ1n) is 8.15. The maximum Gasteiger partial charge on any atom is 0.243 e. The van der Waals surface area contributed by atoms with Crippen LogP contribution in [0.4, 0.5) is 0 Å². The molecule has 0 heterocycles. The third kappa shape index (κ3) is 3.97. The summed E-state index contributed by atoms with van der Waals surface area (Å²) in [7, 11) is 0. The molecule has 2 aliphatic carbocycles. The van der Waals surface area contributed by atoms with Crippen LogP contribution in [0, 0.1) is 11.8 Å². The van der Waals surface area contributed by atoms with Crippen LogP contribution in [-0.4, -0.2) is 23.9 Å². The summed E-state index contributed by atoms with van der Waals surface area (Å²) in [4.78, 5) is 23.9. The molecule has 2 fully saturated rings. The van der Waals surface area contributed by atoms with Crippen LogP contribution in [-0.2, 0) is 9.59 Å². The fourth-order valence-electron chi connectivity index (χ4n) is 3.71. The zero-order valence-corrected chi connectivity index (χ0v) is 12.8. The highest BCUT2D eigenvalue weighted by atomic mass is 16.2. The fraction of sp³-hybridized carbons (Fsp3) is 0.875. The van der Waals surface area contributed by atoms with Crippen molar-refractivity contribution in [1.82, 2.24) is 10.6 Å². The van der Waals surface area contributed by atoms with E-state index in [1.54, 1.807) is 0 Å². The molecule has 0 aromatic heterocycles. The van der Waals surface area contributed by atoms with Crippen LogP contribution in [0.15, 0.2) is 0 Å². The summed E-state index contributed by atoms with van der Waals surface area (Å²) in [5.41, 5.74) is 0. The lowest BCUT2D eigenvalue weighted by molar-refractivity contribution is -0.130. The van der Waals surface area contributed by atoms with E-state index in [2.05, 4.69) is 17.6 Å². The van der Waals surface area contributed by atoms with Crippen molar-refractivity contribution in [3.05, 3.63) is 0 Å². The van der Waals surface area contributed by atoms with Gasteiger partial charge >= 0.3 is 0 Å². The molecule has 0 radical (unpaired) electrons. The van der Waals surface area contributed by atoms with Crippen molar-refractivity contribution < 1.29 is 9.59 Å². The van der Waals surface area contributed by atoms with Crippen molar-refractivity contribution in [2.45, 2.75) is 77.3 Å². The van der Waals surface area contributed by atoms with Gasteiger partial charge in [0.05, 0.1) is 0 Å². The largest absolute Gasteiger partial charge is 0.351 e. The van der Waals surface area contributed by atoms with E-state index in [1.807, 2.05) is 0 Å². The number of hydrogen-bond donors (Lipinski definition) is 2. The van der Waals surface area contributed by atoms with Gasteiger partial charge in [0.25, 0.3) is 0 Å². The number of nitrogens with one attached hydrogen (secondary N) is 2. The minimum atomic E-state index is -0.330. The summed E-state index contributed by atoms with van der Waals surface area (Å²) in [6.45, 7) is 3.71. The van der Waals surface area contributed by atoms with Gasteiger partial charge in [0.15, 0.2) is 0 Å². The van der Waals surface area contributed by atoms with E-state index in [-0.39, 0.29) is 23.9 Å². The second kappa shape index (κ2) is 7.09. The van der Waals surface area contributed by atoms with Crippen LogP contribution >= 0.6 is 0 Å². The van der Waals surface area contributed by atoms with E-state index in [1.165, 1.54) is 39.0 Å². The quantitative estimate of drug-likeness (QED) is 0.830. The average Bonchev–Trinajstić information content (AvgIpc) is 2.92. The normalized spacial score (nSPS) is 28.9. The van der Waals surface area contributed by atoms with E-state index in [9.17, 15) is 9.59 Å². The minimum Gasteiger partial charge on any atom is -0.351 e. The Labute approximate surface area is 122 Å².